The Hall–Kier alpha value is -1.16. The first kappa shape index (κ1) is 9.40. The molecule has 0 unspecified atom stereocenters. The zero-order valence-corrected chi connectivity index (χ0v) is 9.40. The van der Waals surface area contributed by atoms with Crippen LogP contribution in [0.1, 0.15) is 11.4 Å². The maximum absolute atomic E-state index is 4.27. The predicted molar refractivity (Wildman–Crippen MR) is 58.0 cm³/mol. The second-order valence-corrected chi connectivity index (χ2v) is 3.79. The van der Waals surface area contributed by atoms with Crippen molar-refractivity contribution >= 4 is 15.9 Å². The molecule has 0 radical (unpaired) electrons. The first-order valence-corrected chi connectivity index (χ1v) is 5.14. The van der Waals surface area contributed by atoms with Crippen molar-refractivity contribution in [2.45, 2.75) is 6.42 Å². The highest BCUT2D eigenvalue weighted by atomic mass is 79.9. The fourth-order valence-corrected chi connectivity index (χ4v) is 1.55. The molecule has 4 heteroatoms. The highest BCUT2D eigenvalue weighted by molar-refractivity contribution is 9.10. The van der Waals surface area contributed by atoms with Crippen molar-refractivity contribution in [1.82, 2.24) is 14.8 Å². The zero-order chi connectivity index (χ0) is 9.97. The van der Waals surface area contributed by atoms with Crippen LogP contribution in [-0.4, -0.2) is 14.8 Å². The summed E-state index contributed by atoms with van der Waals surface area (Å²) in [6, 6.07) is 10.2. The maximum Gasteiger partial charge on any atom is 0.195 e. The van der Waals surface area contributed by atoms with Crippen LogP contribution in [0.25, 0.3) is 0 Å². The summed E-state index contributed by atoms with van der Waals surface area (Å²) in [6.07, 6.45) is 0.778. The summed E-state index contributed by atoms with van der Waals surface area (Å²) in [5, 5.41) is 4.26. The van der Waals surface area contributed by atoms with Crippen LogP contribution in [0.3, 0.4) is 0 Å². The first-order valence-electron chi connectivity index (χ1n) is 4.35. The van der Waals surface area contributed by atoms with Gasteiger partial charge in [0.1, 0.15) is 0 Å². The van der Waals surface area contributed by atoms with Gasteiger partial charge in [0, 0.05) is 13.5 Å². The van der Waals surface area contributed by atoms with Gasteiger partial charge in [0.05, 0.1) is 0 Å². The van der Waals surface area contributed by atoms with Gasteiger partial charge in [-0.2, -0.15) is 5.10 Å². The number of halogens is 1. The largest absolute Gasteiger partial charge is 0.243 e. The smallest absolute Gasteiger partial charge is 0.195 e. The topological polar surface area (TPSA) is 30.7 Å². The van der Waals surface area contributed by atoms with Gasteiger partial charge in [-0.05, 0) is 21.5 Å². The highest BCUT2D eigenvalue weighted by Gasteiger charge is 2.04. The van der Waals surface area contributed by atoms with E-state index in [2.05, 4.69) is 38.1 Å². The first-order chi connectivity index (χ1) is 6.75. The van der Waals surface area contributed by atoms with Crippen molar-refractivity contribution in [2.75, 3.05) is 0 Å². The van der Waals surface area contributed by atoms with Gasteiger partial charge >= 0.3 is 0 Å². The van der Waals surface area contributed by atoms with E-state index in [-0.39, 0.29) is 0 Å². The number of hydrogen-bond acceptors (Lipinski definition) is 2. The van der Waals surface area contributed by atoms with Gasteiger partial charge in [0.25, 0.3) is 0 Å². The van der Waals surface area contributed by atoms with Crippen LogP contribution < -0.4 is 0 Å². The van der Waals surface area contributed by atoms with E-state index in [1.54, 1.807) is 4.68 Å². The second-order valence-electron chi connectivity index (χ2n) is 3.08. The Morgan fingerprint density at radius 3 is 2.57 bits per heavy atom. The molecule has 1 heterocycles. The molecule has 2 aromatic rings. The summed E-state index contributed by atoms with van der Waals surface area (Å²) in [5.41, 5.74) is 1.23. The summed E-state index contributed by atoms with van der Waals surface area (Å²) >= 11 is 3.32. The molecule has 0 fully saturated rings. The molecule has 3 nitrogen and oxygen atoms in total. The van der Waals surface area contributed by atoms with E-state index < -0.39 is 0 Å². The van der Waals surface area contributed by atoms with Crippen LogP contribution in [-0.2, 0) is 13.5 Å². The Bertz CT molecular complexity index is 403. The predicted octanol–water partition coefficient (Wildman–Crippen LogP) is 2.17. The molecule has 0 saturated carbocycles. The van der Waals surface area contributed by atoms with Crippen molar-refractivity contribution in [3.05, 3.63) is 46.5 Å². The molecule has 0 saturated heterocycles. The Kier molecular flexibility index (Phi) is 2.63. The molecule has 0 spiro atoms. The van der Waals surface area contributed by atoms with Crippen molar-refractivity contribution < 1.29 is 0 Å². The Morgan fingerprint density at radius 2 is 2.00 bits per heavy atom. The fourth-order valence-electron chi connectivity index (χ4n) is 1.27. The van der Waals surface area contributed by atoms with Gasteiger partial charge < -0.3 is 0 Å². The molecule has 0 aliphatic heterocycles. The monoisotopic (exact) mass is 251 g/mol. The van der Waals surface area contributed by atoms with Crippen LogP contribution in [0.15, 0.2) is 35.1 Å². The van der Waals surface area contributed by atoms with Crippen molar-refractivity contribution in [1.29, 1.82) is 0 Å². The van der Waals surface area contributed by atoms with Gasteiger partial charge in [-0.3, -0.25) is 0 Å². The van der Waals surface area contributed by atoms with Gasteiger partial charge in [0.15, 0.2) is 10.6 Å². The Labute approximate surface area is 90.9 Å². The number of nitrogens with zero attached hydrogens (tertiary/aromatic N) is 3. The molecule has 0 aliphatic carbocycles. The molecule has 1 aromatic heterocycles. The van der Waals surface area contributed by atoms with Crippen molar-refractivity contribution in [3.8, 4) is 0 Å². The lowest BCUT2D eigenvalue weighted by Gasteiger charge is -1.94. The lowest BCUT2D eigenvalue weighted by Crippen LogP contribution is -1.93. The van der Waals surface area contributed by atoms with Gasteiger partial charge in [-0.1, -0.05) is 30.3 Å². The van der Waals surface area contributed by atoms with Crippen LogP contribution in [0.5, 0.6) is 0 Å². The van der Waals surface area contributed by atoms with E-state index >= 15 is 0 Å². The molecule has 0 amide bonds. The highest BCUT2D eigenvalue weighted by Crippen LogP contribution is 2.09. The molecule has 2 rings (SSSR count). The molecular weight excluding hydrogens is 242 g/mol. The number of hydrogen-bond donors (Lipinski definition) is 0. The number of rotatable bonds is 2. The van der Waals surface area contributed by atoms with E-state index in [1.807, 2.05) is 25.2 Å². The molecular formula is C10H10BrN3. The summed E-state index contributed by atoms with van der Waals surface area (Å²) in [5.74, 6) is 0.838. The van der Waals surface area contributed by atoms with Crippen LogP contribution in [0, 0.1) is 0 Å². The second kappa shape index (κ2) is 3.92. The number of benzene rings is 1. The Balaban J connectivity index is 2.19. The Morgan fingerprint density at radius 1 is 1.29 bits per heavy atom. The quantitative estimate of drug-likeness (QED) is 0.820. The number of aromatic nitrogens is 3. The third-order valence-corrected chi connectivity index (χ3v) is 2.65. The standard InChI is InChI=1S/C10H10BrN3/c1-14-10(11)12-9(13-14)7-8-5-3-2-4-6-8/h2-6H,7H2,1H3. The van der Waals surface area contributed by atoms with Gasteiger partial charge in [-0.25, -0.2) is 9.67 Å². The zero-order valence-electron chi connectivity index (χ0n) is 7.81. The fraction of sp³-hybridized carbons (Fsp3) is 0.200. The molecule has 0 N–H and O–H groups in total. The average molecular weight is 252 g/mol. The molecule has 0 bridgehead atoms. The molecule has 0 aliphatic rings. The normalized spacial score (nSPS) is 10.4. The lowest BCUT2D eigenvalue weighted by molar-refractivity contribution is 0.733. The summed E-state index contributed by atoms with van der Waals surface area (Å²) in [7, 11) is 1.87. The lowest BCUT2D eigenvalue weighted by atomic mass is 10.1. The summed E-state index contributed by atoms with van der Waals surface area (Å²) in [6.45, 7) is 0. The summed E-state index contributed by atoms with van der Waals surface area (Å²) in [4.78, 5) is 4.27. The van der Waals surface area contributed by atoms with Crippen LogP contribution >= 0.6 is 15.9 Å². The van der Waals surface area contributed by atoms with E-state index in [9.17, 15) is 0 Å². The summed E-state index contributed by atoms with van der Waals surface area (Å²) < 4.78 is 2.49. The van der Waals surface area contributed by atoms with E-state index in [0.29, 0.717) is 0 Å². The van der Waals surface area contributed by atoms with Gasteiger partial charge in [-0.15, -0.1) is 0 Å². The molecule has 1 aromatic carbocycles. The maximum atomic E-state index is 4.27. The van der Waals surface area contributed by atoms with E-state index in [1.165, 1.54) is 5.56 Å². The molecule has 0 atom stereocenters. The van der Waals surface area contributed by atoms with Crippen molar-refractivity contribution in [2.24, 2.45) is 7.05 Å². The number of aryl methyl sites for hydroxylation is 1. The van der Waals surface area contributed by atoms with Crippen molar-refractivity contribution in [3.63, 3.8) is 0 Å². The molecule has 14 heavy (non-hydrogen) atoms. The van der Waals surface area contributed by atoms with E-state index in [0.717, 1.165) is 17.0 Å². The molecule has 72 valence electrons. The van der Waals surface area contributed by atoms with E-state index in [4.69, 9.17) is 0 Å². The van der Waals surface area contributed by atoms with Gasteiger partial charge in [0.2, 0.25) is 0 Å². The van der Waals surface area contributed by atoms with Crippen LogP contribution in [0.4, 0.5) is 0 Å². The minimum absolute atomic E-state index is 0.767. The third-order valence-electron chi connectivity index (χ3n) is 1.96. The van der Waals surface area contributed by atoms with Crippen LogP contribution in [0.2, 0.25) is 0 Å². The third kappa shape index (κ3) is 2.01. The SMILES string of the molecule is Cn1nc(Cc2ccccc2)nc1Br. The minimum atomic E-state index is 0.767. The average Bonchev–Trinajstić information content (AvgIpc) is 2.47. The minimum Gasteiger partial charge on any atom is -0.243 e.